The number of amides is 4. The lowest BCUT2D eigenvalue weighted by Crippen LogP contribution is -2.54. The van der Waals surface area contributed by atoms with Crippen LogP contribution in [0.1, 0.15) is 30.9 Å². The Labute approximate surface area is 208 Å². The maximum absolute atomic E-state index is 14.0. The number of anilines is 1. The fraction of sp³-hybridized carbons (Fsp3) is 0.179. The van der Waals surface area contributed by atoms with Gasteiger partial charge >= 0.3 is 6.03 Å². The van der Waals surface area contributed by atoms with Crippen molar-refractivity contribution in [1.82, 2.24) is 5.32 Å². The zero-order valence-corrected chi connectivity index (χ0v) is 19.7. The molecule has 0 saturated carbocycles. The molecule has 1 heterocycles. The van der Waals surface area contributed by atoms with Crippen molar-refractivity contribution in [3.8, 4) is 11.5 Å². The van der Waals surface area contributed by atoms with E-state index in [-0.39, 0.29) is 12.2 Å². The molecular weight excluding hydrogens is 463 g/mol. The number of unbranched alkanes of at least 4 members (excludes halogenated alkanes) is 1. The van der Waals surface area contributed by atoms with Gasteiger partial charge in [0.15, 0.2) is 0 Å². The Morgan fingerprint density at radius 2 is 1.64 bits per heavy atom. The smallest absolute Gasteiger partial charge is 0.335 e. The molecule has 3 aromatic carbocycles. The summed E-state index contributed by atoms with van der Waals surface area (Å²) in [5.74, 6) is -1.01. The molecule has 0 aromatic heterocycles. The van der Waals surface area contributed by atoms with Crippen LogP contribution in [0.15, 0.2) is 78.4 Å². The number of nitrogens with one attached hydrogen (secondary N) is 1. The summed E-state index contributed by atoms with van der Waals surface area (Å²) < 4.78 is 25.4. The molecule has 4 amide bonds. The Balaban J connectivity index is 1.57. The highest BCUT2D eigenvalue weighted by Gasteiger charge is 2.37. The molecule has 36 heavy (non-hydrogen) atoms. The molecule has 1 aliphatic heterocycles. The van der Waals surface area contributed by atoms with Crippen molar-refractivity contribution in [2.75, 3.05) is 11.5 Å². The standard InChI is InChI=1S/C28H25FN2O5/c1-2-3-16-35-22-14-12-21(13-15-22)31-27(33)23(26(32)30-28(31)34)17-19-8-5-7-11-25(19)36-18-20-9-4-6-10-24(20)29/h4-15,17H,2-3,16,18H2,1H3,(H,30,32,34)/b23-17-. The van der Waals surface area contributed by atoms with Crippen molar-refractivity contribution in [2.45, 2.75) is 26.4 Å². The third-order valence-corrected chi connectivity index (χ3v) is 5.52. The number of carbonyl (C=O) groups excluding carboxylic acids is 3. The van der Waals surface area contributed by atoms with Crippen molar-refractivity contribution in [2.24, 2.45) is 0 Å². The van der Waals surface area contributed by atoms with Gasteiger partial charge in [-0.05, 0) is 48.9 Å². The number of ether oxygens (including phenoxy) is 2. The fourth-order valence-electron chi connectivity index (χ4n) is 3.58. The predicted molar refractivity (Wildman–Crippen MR) is 133 cm³/mol. The number of halogens is 1. The summed E-state index contributed by atoms with van der Waals surface area (Å²) in [4.78, 5) is 39.2. The largest absolute Gasteiger partial charge is 0.494 e. The Morgan fingerprint density at radius 1 is 0.917 bits per heavy atom. The van der Waals surface area contributed by atoms with Crippen molar-refractivity contribution in [3.05, 3.63) is 95.3 Å². The van der Waals surface area contributed by atoms with E-state index >= 15 is 0 Å². The first kappa shape index (κ1) is 24.7. The van der Waals surface area contributed by atoms with Crippen LogP contribution in [0.25, 0.3) is 6.08 Å². The summed E-state index contributed by atoms with van der Waals surface area (Å²) in [6.07, 6.45) is 3.27. The number of rotatable bonds is 9. The van der Waals surface area contributed by atoms with Crippen LogP contribution in [-0.4, -0.2) is 24.5 Å². The molecule has 0 unspecified atom stereocenters. The first-order chi connectivity index (χ1) is 17.5. The van der Waals surface area contributed by atoms with Gasteiger partial charge in [0.05, 0.1) is 12.3 Å². The molecule has 0 bridgehead atoms. The molecule has 0 atom stereocenters. The quantitative estimate of drug-likeness (QED) is 0.253. The van der Waals surface area contributed by atoms with Crippen LogP contribution >= 0.6 is 0 Å². The summed E-state index contributed by atoms with van der Waals surface area (Å²) in [6, 6.07) is 18.6. The minimum Gasteiger partial charge on any atom is -0.494 e. The lowest BCUT2D eigenvalue weighted by atomic mass is 10.1. The minimum atomic E-state index is -0.842. The van der Waals surface area contributed by atoms with Crippen molar-refractivity contribution in [1.29, 1.82) is 0 Å². The number of hydrogen-bond acceptors (Lipinski definition) is 5. The number of barbiturate groups is 1. The average molecular weight is 489 g/mol. The zero-order valence-electron chi connectivity index (χ0n) is 19.7. The van der Waals surface area contributed by atoms with Crippen LogP contribution < -0.4 is 19.7 Å². The van der Waals surface area contributed by atoms with E-state index in [1.54, 1.807) is 66.7 Å². The summed E-state index contributed by atoms with van der Waals surface area (Å²) in [6.45, 7) is 2.59. The second-order valence-corrected chi connectivity index (χ2v) is 8.07. The highest BCUT2D eigenvalue weighted by Crippen LogP contribution is 2.27. The number of urea groups is 1. The maximum atomic E-state index is 14.0. The highest BCUT2D eigenvalue weighted by atomic mass is 19.1. The number of imide groups is 2. The SMILES string of the molecule is CCCCOc1ccc(N2C(=O)NC(=O)/C(=C/c3ccccc3OCc3ccccc3F)C2=O)cc1. The molecule has 1 fully saturated rings. The topological polar surface area (TPSA) is 84.9 Å². The van der Waals surface area contributed by atoms with E-state index in [2.05, 4.69) is 12.2 Å². The summed E-state index contributed by atoms with van der Waals surface area (Å²) >= 11 is 0. The van der Waals surface area contributed by atoms with Gasteiger partial charge in [0.1, 0.15) is 29.5 Å². The minimum absolute atomic E-state index is 0.0374. The monoisotopic (exact) mass is 488 g/mol. The molecule has 4 rings (SSSR count). The molecule has 1 saturated heterocycles. The molecule has 184 valence electrons. The Morgan fingerprint density at radius 3 is 2.39 bits per heavy atom. The van der Waals surface area contributed by atoms with Crippen LogP contribution in [0.3, 0.4) is 0 Å². The molecular formula is C28H25FN2O5. The first-order valence-corrected chi connectivity index (χ1v) is 11.6. The van der Waals surface area contributed by atoms with E-state index in [1.165, 1.54) is 12.1 Å². The Kier molecular flexibility index (Phi) is 7.75. The third-order valence-electron chi connectivity index (χ3n) is 5.52. The van der Waals surface area contributed by atoms with E-state index in [4.69, 9.17) is 9.47 Å². The molecule has 0 spiro atoms. The molecule has 1 N–H and O–H groups in total. The van der Waals surface area contributed by atoms with Crippen LogP contribution in [0.2, 0.25) is 0 Å². The lowest BCUT2D eigenvalue weighted by molar-refractivity contribution is -0.122. The van der Waals surface area contributed by atoms with Gasteiger partial charge in [-0.15, -0.1) is 0 Å². The molecule has 3 aromatic rings. The van der Waals surface area contributed by atoms with Crippen LogP contribution in [0.5, 0.6) is 11.5 Å². The molecule has 0 aliphatic carbocycles. The van der Waals surface area contributed by atoms with Gasteiger partial charge in [0.2, 0.25) is 0 Å². The first-order valence-electron chi connectivity index (χ1n) is 11.6. The number of para-hydroxylation sites is 1. The number of benzene rings is 3. The van der Waals surface area contributed by atoms with E-state index in [0.717, 1.165) is 17.7 Å². The van der Waals surface area contributed by atoms with Crippen molar-refractivity contribution >= 4 is 29.6 Å². The highest BCUT2D eigenvalue weighted by molar-refractivity contribution is 6.39. The van der Waals surface area contributed by atoms with Crippen LogP contribution in [0, 0.1) is 5.82 Å². The molecule has 0 radical (unpaired) electrons. The van der Waals surface area contributed by atoms with Crippen molar-refractivity contribution < 1.29 is 28.2 Å². The maximum Gasteiger partial charge on any atom is 0.335 e. The van der Waals surface area contributed by atoms with E-state index in [0.29, 0.717) is 34.9 Å². The van der Waals surface area contributed by atoms with Crippen LogP contribution in [0.4, 0.5) is 14.9 Å². The average Bonchev–Trinajstić information content (AvgIpc) is 2.87. The number of hydrogen-bond donors (Lipinski definition) is 1. The Hall–Kier alpha value is -4.46. The fourth-order valence-corrected chi connectivity index (χ4v) is 3.58. The molecule has 8 heteroatoms. The van der Waals surface area contributed by atoms with Gasteiger partial charge in [0, 0.05) is 11.1 Å². The number of carbonyl (C=O) groups is 3. The molecule has 7 nitrogen and oxygen atoms in total. The zero-order chi connectivity index (χ0) is 25.5. The predicted octanol–water partition coefficient (Wildman–Crippen LogP) is 5.25. The summed E-state index contributed by atoms with van der Waals surface area (Å²) in [5, 5.41) is 2.21. The van der Waals surface area contributed by atoms with Gasteiger partial charge < -0.3 is 9.47 Å². The van der Waals surface area contributed by atoms with Crippen LogP contribution in [-0.2, 0) is 16.2 Å². The van der Waals surface area contributed by atoms with Gasteiger partial charge in [-0.3, -0.25) is 14.9 Å². The third kappa shape index (κ3) is 5.60. The van der Waals surface area contributed by atoms with E-state index < -0.39 is 23.7 Å². The Bertz CT molecular complexity index is 1300. The number of nitrogens with zero attached hydrogens (tertiary/aromatic N) is 1. The summed E-state index contributed by atoms with van der Waals surface area (Å²) in [7, 11) is 0. The lowest BCUT2D eigenvalue weighted by Gasteiger charge is -2.26. The van der Waals surface area contributed by atoms with E-state index in [9.17, 15) is 18.8 Å². The van der Waals surface area contributed by atoms with Gasteiger partial charge in [-0.25, -0.2) is 14.1 Å². The van der Waals surface area contributed by atoms with Gasteiger partial charge in [-0.1, -0.05) is 49.7 Å². The van der Waals surface area contributed by atoms with Gasteiger partial charge in [0.25, 0.3) is 11.8 Å². The second kappa shape index (κ2) is 11.3. The van der Waals surface area contributed by atoms with Gasteiger partial charge in [-0.2, -0.15) is 0 Å². The van der Waals surface area contributed by atoms with E-state index in [1.807, 2.05) is 0 Å². The summed E-state index contributed by atoms with van der Waals surface area (Å²) in [5.41, 5.74) is 0.856. The normalized spacial score (nSPS) is 14.7. The molecule has 1 aliphatic rings. The second-order valence-electron chi connectivity index (χ2n) is 8.07. The van der Waals surface area contributed by atoms with Crippen molar-refractivity contribution in [3.63, 3.8) is 0 Å².